The van der Waals surface area contributed by atoms with Gasteiger partial charge in [0.25, 0.3) is 0 Å². The van der Waals surface area contributed by atoms with E-state index < -0.39 is 0 Å². The minimum atomic E-state index is 0.894. The smallest absolute Gasteiger partial charge is 0.0420 e. The second-order valence-electron chi connectivity index (χ2n) is 5.75. The summed E-state index contributed by atoms with van der Waals surface area (Å²) in [6.45, 7) is 4.65. The van der Waals surface area contributed by atoms with E-state index in [0.29, 0.717) is 0 Å². The van der Waals surface area contributed by atoms with Crippen LogP contribution in [0.5, 0.6) is 0 Å². The Kier molecular flexibility index (Phi) is 5.56. The molecule has 2 heteroatoms. The van der Waals surface area contributed by atoms with Crippen molar-refractivity contribution in [3.05, 3.63) is 23.8 Å². The first-order valence-corrected chi connectivity index (χ1v) is 7.94. The minimum absolute atomic E-state index is 0.894. The fourth-order valence-electron chi connectivity index (χ4n) is 2.95. The first-order valence-electron chi connectivity index (χ1n) is 7.94. The number of benzene rings is 1. The van der Waals surface area contributed by atoms with Crippen molar-refractivity contribution >= 4 is 11.4 Å². The van der Waals surface area contributed by atoms with Gasteiger partial charge in [-0.05, 0) is 30.5 Å². The molecule has 0 radical (unpaired) electrons. The summed E-state index contributed by atoms with van der Waals surface area (Å²) in [6, 6.07) is 6.36. The maximum absolute atomic E-state index is 5.89. The third-order valence-corrected chi connectivity index (χ3v) is 4.13. The largest absolute Gasteiger partial charge is 0.399 e. The zero-order chi connectivity index (χ0) is 13.5. The van der Waals surface area contributed by atoms with Gasteiger partial charge in [0.05, 0.1) is 0 Å². The Balaban J connectivity index is 1.67. The van der Waals surface area contributed by atoms with Gasteiger partial charge in [-0.3, -0.25) is 0 Å². The Morgan fingerprint density at radius 3 is 2.58 bits per heavy atom. The number of anilines is 2. The predicted octanol–water partition coefficient (Wildman–Crippen LogP) is 4.38. The number of nitrogen functional groups attached to an aromatic ring is 1. The van der Waals surface area contributed by atoms with Gasteiger partial charge in [-0.25, -0.2) is 0 Å². The van der Waals surface area contributed by atoms with Crippen molar-refractivity contribution in [1.29, 1.82) is 0 Å². The lowest BCUT2D eigenvalue weighted by Crippen LogP contribution is -2.21. The fraction of sp³-hybridized carbons (Fsp3) is 0.647. The maximum atomic E-state index is 5.89. The molecule has 2 rings (SSSR count). The lowest BCUT2D eigenvalue weighted by molar-refractivity contribution is 0.585. The second-order valence-corrected chi connectivity index (χ2v) is 5.75. The molecule has 0 bridgehead atoms. The third-order valence-electron chi connectivity index (χ3n) is 4.13. The Morgan fingerprint density at radius 2 is 1.79 bits per heavy atom. The van der Waals surface area contributed by atoms with Crippen LogP contribution in [0.15, 0.2) is 18.2 Å². The number of hydrogen-bond donors (Lipinski definition) is 1. The molecule has 0 spiro atoms. The van der Waals surface area contributed by atoms with Gasteiger partial charge in [-0.2, -0.15) is 0 Å². The average Bonchev–Trinajstić information content (AvgIpc) is 2.80. The van der Waals surface area contributed by atoms with Crippen LogP contribution in [-0.2, 0) is 6.42 Å². The standard InChI is InChI=1S/C17H28N2/c1-2-3-4-5-6-7-8-12-19-13-11-15-9-10-16(18)14-17(15)19/h9-10,14H,2-8,11-13,18H2,1H3. The monoisotopic (exact) mass is 260 g/mol. The molecule has 0 aromatic heterocycles. The van der Waals surface area contributed by atoms with Gasteiger partial charge in [0.15, 0.2) is 0 Å². The van der Waals surface area contributed by atoms with Gasteiger partial charge in [0.1, 0.15) is 0 Å². The summed E-state index contributed by atoms with van der Waals surface area (Å²) >= 11 is 0. The van der Waals surface area contributed by atoms with Crippen LogP contribution < -0.4 is 10.6 Å². The third kappa shape index (κ3) is 4.15. The van der Waals surface area contributed by atoms with Gasteiger partial charge in [-0.15, -0.1) is 0 Å². The van der Waals surface area contributed by atoms with E-state index in [0.717, 1.165) is 5.69 Å². The first kappa shape index (κ1) is 14.2. The lowest BCUT2D eigenvalue weighted by atomic mass is 10.1. The molecule has 1 aliphatic heterocycles. The van der Waals surface area contributed by atoms with Crippen molar-refractivity contribution in [1.82, 2.24) is 0 Å². The Hall–Kier alpha value is -1.18. The summed E-state index contributed by atoms with van der Waals surface area (Å²) in [4.78, 5) is 2.51. The van der Waals surface area contributed by atoms with Gasteiger partial charge in [0, 0.05) is 24.5 Å². The van der Waals surface area contributed by atoms with Crippen LogP contribution in [0, 0.1) is 0 Å². The van der Waals surface area contributed by atoms with E-state index in [1.807, 2.05) is 6.07 Å². The molecule has 0 saturated carbocycles. The summed E-state index contributed by atoms with van der Waals surface area (Å²) in [5.74, 6) is 0. The fourth-order valence-corrected chi connectivity index (χ4v) is 2.95. The lowest BCUT2D eigenvalue weighted by Gasteiger charge is -2.19. The van der Waals surface area contributed by atoms with Gasteiger partial charge >= 0.3 is 0 Å². The molecule has 0 atom stereocenters. The molecule has 0 fully saturated rings. The molecule has 106 valence electrons. The summed E-state index contributed by atoms with van der Waals surface area (Å²) < 4.78 is 0. The molecule has 1 aliphatic rings. The Bertz CT molecular complexity index is 387. The van der Waals surface area contributed by atoms with Crippen molar-refractivity contribution in [2.24, 2.45) is 0 Å². The zero-order valence-electron chi connectivity index (χ0n) is 12.3. The van der Waals surface area contributed by atoms with Crippen LogP contribution in [-0.4, -0.2) is 13.1 Å². The van der Waals surface area contributed by atoms with E-state index in [1.165, 1.54) is 75.7 Å². The van der Waals surface area contributed by atoms with Crippen LogP contribution in [0.2, 0.25) is 0 Å². The summed E-state index contributed by atoms with van der Waals surface area (Å²) in [5.41, 5.74) is 9.63. The molecule has 0 aliphatic carbocycles. The number of unbranched alkanes of at least 4 members (excludes halogenated alkanes) is 6. The Morgan fingerprint density at radius 1 is 1.05 bits per heavy atom. The van der Waals surface area contributed by atoms with Gasteiger partial charge in [-0.1, -0.05) is 51.5 Å². The molecule has 2 N–H and O–H groups in total. The maximum Gasteiger partial charge on any atom is 0.0420 e. The second kappa shape index (κ2) is 7.42. The van der Waals surface area contributed by atoms with Gasteiger partial charge in [0.2, 0.25) is 0 Å². The molecule has 1 aromatic carbocycles. The average molecular weight is 260 g/mol. The van der Waals surface area contributed by atoms with Crippen LogP contribution >= 0.6 is 0 Å². The summed E-state index contributed by atoms with van der Waals surface area (Å²) in [5, 5.41) is 0. The van der Waals surface area contributed by atoms with E-state index >= 15 is 0 Å². The van der Waals surface area contributed by atoms with Crippen LogP contribution in [0.3, 0.4) is 0 Å². The number of nitrogens with two attached hydrogens (primary N) is 1. The summed E-state index contributed by atoms with van der Waals surface area (Å²) in [6.07, 6.45) is 10.9. The molecule has 0 saturated heterocycles. The first-order chi connectivity index (χ1) is 9.31. The van der Waals surface area contributed by atoms with E-state index in [2.05, 4.69) is 24.0 Å². The van der Waals surface area contributed by atoms with E-state index in [1.54, 1.807) is 0 Å². The molecule has 0 unspecified atom stereocenters. The highest BCUT2D eigenvalue weighted by atomic mass is 15.1. The number of fused-ring (bicyclic) bond motifs is 1. The molecular formula is C17H28N2. The summed E-state index contributed by atoms with van der Waals surface area (Å²) in [7, 11) is 0. The highest BCUT2D eigenvalue weighted by molar-refractivity contribution is 5.64. The minimum Gasteiger partial charge on any atom is -0.399 e. The molecular weight excluding hydrogens is 232 g/mol. The quantitative estimate of drug-likeness (QED) is 0.555. The SMILES string of the molecule is CCCCCCCCCN1CCc2ccc(N)cc21. The molecule has 0 amide bonds. The normalized spacial score (nSPS) is 13.8. The Labute approximate surface area is 118 Å². The topological polar surface area (TPSA) is 29.3 Å². The van der Waals surface area contributed by atoms with E-state index in [9.17, 15) is 0 Å². The molecule has 1 heterocycles. The van der Waals surface area contributed by atoms with Crippen molar-refractivity contribution in [3.63, 3.8) is 0 Å². The highest BCUT2D eigenvalue weighted by Crippen LogP contribution is 2.30. The van der Waals surface area contributed by atoms with Gasteiger partial charge < -0.3 is 10.6 Å². The van der Waals surface area contributed by atoms with Crippen LogP contribution in [0.4, 0.5) is 11.4 Å². The number of hydrogen-bond acceptors (Lipinski definition) is 2. The molecule has 19 heavy (non-hydrogen) atoms. The van der Waals surface area contributed by atoms with Crippen molar-refractivity contribution in [2.75, 3.05) is 23.7 Å². The number of nitrogens with zero attached hydrogens (tertiary/aromatic N) is 1. The zero-order valence-corrected chi connectivity index (χ0v) is 12.3. The molecule has 2 nitrogen and oxygen atoms in total. The van der Waals surface area contributed by atoms with Crippen molar-refractivity contribution in [3.8, 4) is 0 Å². The van der Waals surface area contributed by atoms with Crippen molar-refractivity contribution < 1.29 is 0 Å². The number of rotatable bonds is 8. The van der Waals surface area contributed by atoms with Crippen LogP contribution in [0.25, 0.3) is 0 Å². The molecule has 1 aromatic rings. The van der Waals surface area contributed by atoms with Crippen molar-refractivity contribution in [2.45, 2.75) is 58.3 Å². The highest BCUT2D eigenvalue weighted by Gasteiger charge is 2.18. The van der Waals surface area contributed by atoms with E-state index in [4.69, 9.17) is 5.73 Å². The van der Waals surface area contributed by atoms with Crippen LogP contribution in [0.1, 0.15) is 57.4 Å². The predicted molar refractivity (Wildman–Crippen MR) is 84.8 cm³/mol. The van der Waals surface area contributed by atoms with E-state index in [-0.39, 0.29) is 0 Å².